The lowest BCUT2D eigenvalue weighted by molar-refractivity contribution is -0.136. The summed E-state index contributed by atoms with van der Waals surface area (Å²) >= 11 is 0. The minimum absolute atomic E-state index is 0.00502. The normalized spacial score (nSPS) is 15.5. The molecule has 23 heteroatoms. The van der Waals surface area contributed by atoms with Gasteiger partial charge in [-0.2, -0.15) is 15.3 Å². The van der Waals surface area contributed by atoms with E-state index in [2.05, 4.69) is 63.1 Å². The van der Waals surface area contributed by atoms with Crippen LogP contribution in [0.1, 0.15) is 79.8 Å². The molecule has 340 valence electrons. The third-order valence-electron chi connectivity index (χ3n) is 10.5. The highest BCUT2D eigenvalue weighted by atomic mass is 16.5. The maximum absolute atomic E-state index is 13.4. The quantitative estimate of drug-likeness (QED) is 0.0426. The second-order valence-electron chi connectivity index (χ2n) is 15.4. The minimum atomic E-state index is -1.12. The largest absolute Gasteiger partial charge is 0.483 e. The highest BCUT2D eigenvalue weighted by Crippen LogP contribution is 2.40. The Labute approximate surface area is 376 Å². The number of piperidine rings is 1. The number of benzene rings is 2. The van der Waals surface area contributed by atoms with E-state index in [1.165, 1.54) is 24.3 Å². The molecule has 5 heterocycles. The van der Waals surface area contributed by atoms with Crippen LogP contribution in [0, 0.1) is 11.3 Å². The van der Waals surface area contributed by atoms with Crippen molar-refractivity contribution in [2.45, 2.75) is 57.2 Å². The molecule has 1 atom stereocenters. The number of carbonyl (C=O) groups excluding carboxylic acids is 6. The van der Waals surface area contributed by atoms with Gasteiger partial charge in [-0.05, 0) is 49.1 Å². The zero-order valence-corrected chi connectivity index (χ0v) is 35.4. The van der Waals surface area contributed by atoms with Gasteiger partial charge in [-0.15, -0.1) is 5.10 Å². The summed E-state index contributed by atoms with van der Waals surface area (Å²) in [6, 6.07) is 16.1. The fourth-order valence-corrected chi connectivity index (χ4v) is 7.08. The number of H-pyrrole nitrogens is 1. The molecule has 3 aromatic heterocycles. The molecule has 6 amide bonds. The fraction of sp³-hybridized carbons (Fsp3) is 0.349. The Morgan fingerprint density at radius 1 is 0.894 bits per heavy atom. The summed E-state index contributed by atoms with van der Waals surface area (Å²) in [5, 5.41) is 38.6. The Morgan fingerprint density at radius 2 is 1.71 bits per heavy atom. The average Bonchev–Trinajstić information content (AvgIpc) is 3.79. The van der Waals surface area contributed by atoms with Crippen molar-refractivity contribution < 1.29 is 43.0 Å². The number of ether oxygens (including phenoxy) is 3. The van der Waals surface area contributed by atoms with E-state index in [1.54, 1.807) is 23.0 Å². The van der Waals surface area contributed by atoms with Gasteiger partial charge in [0.15, 0.2) is 12.4 Å². The van der Waals surface area contributed by atoms with Crippen LogP contribution in [-0.4, -0.2) is 121 Å². The number of nitrogens with one attached hydrogen (secondary N) is 6. The molecule has 8 rings (SSSR count). The first-order valence-electron chi connectivity index (χ1n) is 21.1. The lowest BCUT2D eigenvalue weighted by Crippen LogP contribution is -2.54. The molecule has 1 saturated heterocycles. The van der Waals surface area contributed by atoms with Crippen LogP contribution in [-0.2, 0) is 43.4 Å². The Kier molecular flexibility index (Phi) is 13.9. The minimum Gasteiger partial charge on any atom is -0.483 e. The van der Waals surface area contributed by atoms with Crippen LogP contribution < -0.4 is 31.3 Å². The van der Waals surface area contributed by atoms with Gasteiger partial charge >= 0.3 is 0 Å². The third kappa shape index (κ3) is 11.2. The number of hydrogen-bond acceptors (Lipinski definition) is 17. The summed E-state index contributed by atoms with van der Waals surface area (Å²) in [4.78, 5) is 85.8. The SMILES string of the molecule is N#CCc1ccc(Nc2nc(Nc3cc(C4CC4)[nH]n3)cc(C(=O)NCc3cn(CCOCCOCCNC(=O)COc4cccc5c4C(=O)N(C4CCC(=O)NC4=O)C5=O)nn3)n2)cc1. The van der Waals surface area contributed by atoms with Gasteiger partial charge < -0.3 is 35.5 Å². The van der Waals surface area contributed by atoms with Crippen molar-refractivity contribution in [2.75, 3.05) is 50.2 Å². The molecule has 1 saturated carbocycles. The fourth-order valence-electron chi connectivity index (χ4n) is 7.08. The Bertz CT molecular complexity index is 2670. The van der Waals surface area contributed by atoms with Crippen LogP contribution in [0.15, 0.2) is 60.8 Å². The summed E-state index contributed by atoms with van der Waals surface area (Å²) in [5.41, 5.74) is 3.19. The molecular weight excluding hydrogens is 857 g/mol. The lowest BCUT2D eigenvalue weighted by Gasteiger charge is -2.27. The van der Waals surface area contributed by atoms with Gasteiger partial charge in [-0.25, -0.2) is 9.67 Å². The second-order valence-corrected chi connectivity index (χ2v) is 15.4. The summed E-state index contributed by atoms with van der Waals surface area (Å²) in [6.45, 7) is 1.23. The van der Waals surface area contributed by atoms with Gasteiger partial charge in [0.1, 0.15) is 29.0 Å². The number of amides is 6. The number of anilines is 4. The molecule has 6 N–H and O–H groups in total. The molecule has 2 aromatic carbocycles. The molecule has 5 aromatic rings. The summed E-state index contributed by atoms with van der Waals surface area (Å²) in [6.07, 6.45) is 4.22. The van der Waals surface area contributed by atoms with E-state index in [9.17, 15) is 28.8 Å². The van der Waals surface area contributed by atoms with Gasteiger partial charge in [0, 0.05) is 42.4 Å². The molecule has 1 aliphatic carbocycles. The Balaban J connectivity index is 0.724. The van der Waals surface area contributed by atoms with Crippen LogP contribution in [0.2, 0.25) is 0 Å². The van der Waals surface area contributed by atoms with Crippen LogP contribution in [0.4, 0.5) is 23.3 Å². The highest BCUT2D eigenvalue weighted by Gasteiger charge is 2.46. The van der Waals surface area contributed by atoms with Crippen LogP contribution in [0.5, 0.6) is 5.75 Å². The van der Waals surface area contributed by atoms with Crippen LogP contribution >= 0.6 is 0 Å². The number of hydrogen-bond donors (Lipinski definition) is 6. The smallest absolute Gasteiger partial charge is 0.270 e. The topological polar surface area (TPSA) is 302 Å². The first kappa shape index (κ1) is 44.5. The summed E-state index contributed by atoms with van der Waals surface area (Å²) < 4.78 is 18.4. The molecule has 23 nitrogen and oxygen atoms in total. The molecular formula is C43H44N14O9. The van der Waals surface area contributed by atoms with Crippen LogP contribution in [0.25, 0.3) is 0 Å². The molecule has 0 bridgehead atoms. The van der Waals surface area contributed by atoms with E-state index in [0.717, 1.165) is 29.0 Å². The lowest BCUT2D eigenvalue weighted by atomic mass is 10.0. The number of aromatic amines is 1. The van der Waals surface area contributed by atoms with E-state index in [-0.39, 0.29) is 80.7 Å². The van der Waals surface area contributed by atoms with Gasteiger partial charge in [-0.1, -0.05) is 23.4 Å². The van der Waals surface area contributed by atoms with Crippen LogP contribution in [0.3, 0.4) is 0 Å². The molecule has 3 aliphatic rings. The number of carbonyl (C=O) groups is 6. The molecule has 0 radical (unpaired) electrons. The number of imide groups is 2. The second kappa shape index (κ2) is 20.6. The van der Waals surface area contributed by atoms with E-state index < -0.39 is 48.1 Å². The number of aromatic nitrogens is 7. The number of nitrogens with zero attached hydrogens (tertiary/aromatic N) is 8. The molecule has 0 spiro atoms. The van der Waals surface area contributed by atoms with Crippen molar-refractivity contribution in [2.24, 2.45) is 0 Å². The van der Waals surface area contributed by atoms with Gasteiger partial charge in [0.25, 0.3) is 23.6 Å². The van der Waals surface area contributed by atoms with E-state index >= 15 is 0 Å². The first-order chi connectivity index (χ1) is 32.1. The van der Waals surface area contributed by atoms with E-state index in [1.807, 2.05) is 18.2 Å². The summed E-state index contributed by atoms with van der Waals surface area (Å²) in [5.74, 6) is -1.96. The number of nitriles is 1. The maximum Gasteiger partial charge on any atom is 0.270 e. The zero-order valence-electron chi connectivity index (χ0n) is 35.4. The molecule has 66 heavy (non-hydrogen) atoms. The van der Waals surface area contributed by atoms with Crippen molar-refractivity contribution in [3.63, 3.8) is 0 Å². The van der Waals surface area contributed by atoms with E-state index in [0.29, 0.717) is 42.1 Å². The molecule has 2 fully saturated rings. The van der Waals surface area contributed by atoms with Crippen molar-refractivity contribution >= 4 is 58.7 Å². The van der Waals surface area contributed by atoms with Gasteiger partial charge in [-0.3, -0.25) is 44.1 Å². The van der Waals surface area contributed by atoms with Gasteiger partial charge in [0.05, 0.1) is 69.3 Å². The predicted molar refractivity (Wildman–Crippen MR) is 229 cm³/mol. The molecule has 1 unspecified atom stereocenters. The molecule has 2 aliphatic heterocycles. The van der Waals surface area contributed by atoms with Crippen molar-refractivity contribution in [1.29, 1.82) is 5.26 Å². The van der Waals surface area contributed by atoms with Crippen molar-refractivity contribution in [1.82, 2.24) is 56.0 Å². The monoisotopic (exact) mass is 900 g/mol. The predicted octanol–water partition coefficient (Wildman–Crippen LogP) is 1.78. The number of rotatable bonds is 22. The Hall–Kier alpha value is -8.10. The summed E-state index contributed by atoms with van der Waals surface area (Å²) in [7, 11) is 0. The maximum atomic E-state index is 13.4. The third-order valence-corrected chi connectivity index (χ3v) is 10.5. The Morgan fingerprint density at radius 3 is 2.50 bits per heavy atom. The van der Waals surface area contributed by atoms with Crippen molar-refractivity contribution in [3.8, 4) is 11.8 Å². The van der Waals surface area contributed by atoms with Crippen molar-refractivity contribution in [3.05, 3.63) is 94.6 Å². The average molecular weight is 901 g/mol. The standard InChI is InChI=1S/C43H44N14O9/c44-13-12-25-4-8-27(9-5-25)47-43-48-31(21-34(50-43)49-35-20-30(53-54-35)26-6-7-26)39(60)46-22-28-23-56(55-52-28)15-17-65-19-18-64-16-14-45-37(59)24-66-33-3-1-2-29-38(33)42(63)57(41(29)62)32-10-11-36(58)51-40(32)61/h1-5,8-9,20-21,23,26,32H,6-7,10-12,14-19,22,24H2,(H,45,59)(H,46,60)(H,51,58,61)(H3,47,48,49,50,53,54). The zero-order chi connectivity index (χ0) is 46.0. The van der Waals surface area contributed by atoms with Gasteiger partial charge in [0.2, 0.25) is 17.8 Å². The van der Waals surface area contributed by atoms with E-state index in [4.69, 9.17) is 19.5 Å². The highest BCUT2D eigenvalue weighted by molar-refractivity contribution is 6.24. The first-order valence-corrected chi connectivity index (χ1v) is 21.1. The number of fused-ring (bicyclic) bond motifs is 1.